The summed E-state index contributed by atoms with van der Waals surface area (Å²) in [5.74, 6) is 0. The molecule has 0 spiro atoms. The van der Waals surface area contributed by atoms with E-state index in [0.29, 0.717) is 11.5 Å². The molecule has 1 heterocycles. The highest BCUT2D eigenvalue weighted by atomic mass is 16.5. The molecule has 2 nitrogen and oxygen atoms in total. The van der Waals surface area contributed by atoms with E-state index in [9.17, 15) is 0 Å². The molecule has 100 valence electrons. The molecule has 18 heavy (non-hydrogen) atoms. The minimum atomic E-state index is 0.211. The minimum absolute atomic E-state index is 0.211. The summed E-state index contributed by atoms with van der Waals surface area (Å²) in [5.41, 5.74) is 1.90. The maximum Gasteiger partial charge on any atom is 0.0554 e. The van der Waals surface area contributed by atoms with E-state index in [-0.39, 0.29) is 5.41 Å². The SMILES string of the molecule is CC1(CNC(c2ccccc2)C(C)(C)C)COC1. The molecule has 0 bridgehead atoms. The Morgan fingerprint density at radius 3 is 2.28 bits per heavy atom. The van der Waals surface area contributed by atoms with Gasteiger partial charge >= 0.3 is 0 Å². The summed E-state index contributed by atoms with van der Waals surface area (Å²) >= 11 is 0. The highest BCUT2D eigenvalue weighted by Crippen LogP contribution is 2.34. The van der Waals surface area contributed by atoms with Gasteiger partial charge < -0.3 is 10.1 Å². The molecule has 1 atom stereocenters. The highest BCUT2D eigenvalue weighted by molar-refractivity contribution is 5.20. The van der Waals surface area contributed by atoms with Crippen LogP contribution >= 0.6 is 0 Å². The van der Waals surface area contributed by atoms with Crippen molar-refractivity contribution in [2.75, 3.05) is 19.8 Å². The molecule has 0 radical (unpaired) electrons. The first-order valence-electron chi connectivity index (χ1n) is 6.77. The zero-order valence-corrected chi connectivity index (χ0v) is 12.0. The van der Waals surface area contributed by atoms with Gasteiger partial charge in [0.25, 0.3) is 0 Å². The van der Waals surface area contributed by atoms with Crippen molar-refractivity contribution in [1.29, 1.82) is 0 Å². The Kier molecular flexibility index (Phi) is 3.79. The van der Waals surface area contributed by atoms with E-state index in [4.69, 9.17) is 4.74 Å². The zero-order chi connectivity index (χ0) is 13.2. The number of nitrogens with one attached hydrogen (secondary N) is 1. The fraction of sp³-hybridized carbons (Fsp3) is 0.625. The molecule has 1 saturated heterocycles. The summed E-state index contributed by atoms with van der Waals surface area (Å²) in [5, 5.41) is 3.74. The molecule has 1 fully saturated rings. The van der Waals surface area contributed by atoms with Crippen LogP contribution in [0.25, 0.3) is 0 Å². The van der Waals surface area contributed by atoms with E-state index >= 15 is 0 Å². The Labute approximate surface area is 111 Å². The normalized spacial score (nSPS) is 20.2. The second-order valence-electron chi connectivity index (χ2n) is 6.89. The molecule has 1 N–H and O–H groups in total. The van der Waals surface area contributed by atoms with E-state index in [1.807, 2.05) is 0 Å². The van der Waals surface area contributed by atoms with Crippen LogP contribution in [-0.4, -0.2) is 19.8 Å². The Hall–Kier alpha value is -0.860. The molecule has 0 saturated carbocycles. The predicted octanol–water partition coefficient (Wildman–Crippen LogP) is 3.40. The van der Waals surface area contributed by atoms with Gasteiger partial charge in [0, 0.05) is 18.0 Å². The van der Waals surface area contributed by atoms with Crippen molar-refractivity contribution in [3.05, 3.63) is 35.9 Å². The van der Waals surface area contributed by atoms with E-state index < -0.39 is 0 Å². The fourth-order valence-electron chi connectivity index (χ4n) is 2.47. The third-order valence-electron chi connectivity index (χ3n) is 3.63. The zero-order valence-electron chi connectivity index (χ0n) is 12.0. The van der Waals surface area contributed by atoms with Gasteiger partial charge in [-0.1, -0.05) is 58.0 Å². The van der Waals surface area contributed by atoms with Gasteiger partial charge in [-0.15, -0.1) is 0 Å². The Morgan fingerprint density at radius 1 is 1.22 bits per heavy atom. The first kappa shape index (κ1) is 13.6. The van der Waals surface area contributed by atoms with Crippen LogP contribution in [0.15, 0.2) is 30.3 Å². The van der Waals surface area contributed by atoms with Crippen molar-refractivity contribution in [2.45, 2.75) is 33.7 Å². The van der Waals surface area contributed by atoms with Crippen molar-refractivity contribution in [1.82, 2.24) is 5.32 Å². The van der Waals surface area contributed by atoms with Crippen molar-refractivity contribution >= 4 is 0 Å². The quantitative estimate of drug-likeness (QED) is 0.880. The molecule has 2 heteroatoms. The standard InChI is InChI=1S/C16H25NO/c1-15(2,3)14(13-8-6-5-7-9-13)17-10-16(4)11-18-12-16/h5-9,14,17H,10-12H2,1-4H3. The summed E-state index contributed by atoms with van der Waals surface area (Å²) < 4.78 is 5.32. The summed E-state index contributed by atoms with van der Waals surface area (Å²) in [4.78, 5) is 0. The Morgan fingerprint density at radius 2 is 1.83 bits per heavy atom. The monoisotopic (exact) mass is 247 g/mol. The molecule has 1 aromatic carbocycles. The van der Waals surface area contributed by atoms with Crippen LogP contribution in [0.3, 0.4) is 0 Å². The molecule has 1 aliphatic heterocycles. The van der Waals surface area contributed by atoms with E-state index in [2.05, 4.69) is 63.3 Å². The lowest BCUT2D eigenvalue weighted by atomic mass is 9.81. The maximum atomic E-state index is 5.32. The van der Waals surface area contributed by atoms with Crippen LogP contribution in [0.4, 0.5) is 0 Å². The van der Waals surface area contributed by atoms with Crippen molar-refractivity contribution < 1.29 is 4.74 Å². The van der Waals surface area contributed by atoms with Crippen LogP contribution in [0.5, 0.6) is 0 Å². The third-order valence-corrected chi connectivity index (χ3v) is 3.63. The van der Waals surface area contributed by atoms with Crippen LogP contribution in [0.1, 0.15) is 39.3 Å². The fourth-order valence-corrected chi connectivity index (χ4v) is 2.47. The van der Waals surface area contributed by atoms with Crippen LogP contribution in [0.2, 0.25) is 0 Å². The lowest BCUT2D eigenvalue weighted by molar-refractivity contribution is -0.101. The molecular weight excluding hydrogens is 222 g/mol. The van der Waals surface area contributed by atoms with Gasteiger partial charge in [0.1, 0.15) is 0 Å². The van der Waals surface area contributed by atoms with Gasteiger partial charge in [-0.3, -0.25) is 0 Å². The van der Waals surface area contributed by atoms with Gasteiger partial charge in [0.05, 0.1) is 13.2 Å². The summed E-state index contributed by atoms with van der Waals surface area (Å²) in [6.07, 6.45) is 0. The molecule has 1 aliphatic rings. The van der Waals surface area contributed by atoms with Crippen LogP contribution < -0.4 is 5.32 Å². The number of ether oxygens (including phenoxy) is 1. The second kappa shape index (κ2) is 5.02. The van der Waals surface area contributed by atoms with Gasteiger partial charge in [-0.25, -0.2) is 0 Å². The molecule has 0 amide bonds. The molecule has 1 aromatic rings. The predicted molar refractivity (Wildman–Crippen MR) is 75.6 cm³/mol. The minimum Gasteiger partial charge on any atom is -0.380 e. The largest absolute Gasteiger partial charge is 0.380 e. The van der Waals surface area contributed by atoms with Crippen molar-refractivity contribution in [3.63, 3.8) is 0 Å². The Balaban J connectivity index is 2.07. The van der Waals surface area contributed by atoms with Gasteiger partial charge in [0.2, 0.25) is 0 Å². The smallest absolute Gasteiger partial charge is 0.0554 e. The van der Waals surface area contributed by atoms with Gasteiger partial charge in [-0.05, 0) is 11.0 Å². The van der Waals surface area contributed by atoms with E-state index in [1.165, 1.54) is 5.56 Å². The number of benzene rings is 1. The molecule has 0 aliphatic carbocycles. The Bertz CT molecular complexity index is 376. The number of hydrogen-bond acceptors (Lipinski definition) is 2. The summed E-state index contributed by atoms with van der Waals surface area (Å²) in [6, 6.07) is 11.1. The van der Waals surface area contributed by atoms with Crippen molar-refractivity contribution in [2.24, 2.45) is 10.8 Å². The highest BCUT2D eigenvalue weighted by Gasteiger charge is 2.35. The molecule has 0 aromatic heterocycles. The van der Waals surface area contributed by atoms with E-state index in [1.54, 1.807) is 0 Å². The van der Waals surface area contributed by atoms with E-state index in [0.717, 1.165) is 19.8 Å². The lowest BCUT2D eigenvalue weighted by Crippen LogP contribution is -2.49. The van der Waals surface area contributed by atoms with Crippen LogP contribution in [-0.2, 0) is 4.74 Å². The molecule has 1 unspecified atom stereocenters. The first-order valence-corrected chi connectivity index (χ1v) is 6.77. The summed E-state index contributed by atoms with van der Waals surface area (Å²) in [6.45, 7) is 11.9. The van der Waals surface area contributed by atoms with Gasteiger partial charge in [0.15, 0.2) is 0 Å². The first-order chi connectivity index (χ1) is 8.41. The van der Waals surface area contributed by atoms with Crippen molar-refractivity contribution in [3.8, 4) is 0 Å². The average molecular weight is 247 g/mol. The topological polar surface area (TPSA) is 21.3 Å². The molecule has 2 rings (SSSR count). The third kappa shape index (κ3) is 3.12. The average Bonchev–Trinajstić information content (AvgIpc) is 2.26. The summed E-state index contributed by atoms with van der Waals surface area (Å²) in [7, 11) is 0. The van der Waals surface area contributed by atoms with Gasteiger partial charge in [-0.2, -0.15) is 0 Å². The lowest BCUT2D eigenvalue weighted by Gasteiger charge is -2.41. The molecular formula is C16H25NO. The van der Waals surface area contributed by atoms with Crippen LogP contribution in [0, 0.1) is 10.8 Å². The second-order valence-corrected chi connectivity index (χ2v) is 6.89. The number of hydrogen-bond donors (Lipinski definition) is 1. The maximum absolute atomic E-state index is 5.32. The number of rotatable bonds is 4.